The molecule has 3 heterocycles. The van der Waals surface area contributed by atoms with E-state index in [4.69, 9.17) is 0 Å². The Morgan fingerprint density at radius 1 is 1.50 bits per heavy atom. The summed E-state index contributed by atoms with van der Waals surface area (Å²) in [5.41, 5.74) is 0.423. The lowest BCUT2D eigenvalue weighted by atomic mass is 9.95. The van der Waals surface area contributed by atoms with Gasteiger partial charge in [0.15, 0.2) is 0 Å². The Bertz CT molecular complexity index is 298. The highest BCUT2D eigenvalue weighted by atomic mass is 32.1. The fourth-order valence-corrected chi connectivity index (χ4v) is 3.54. The summed E-state index contributed by atoms with van der Waals surface area (Å²) < 4.78 is 4.20. The molecule has 3 nitrogen and oxygen atoms in total. The van der Waals surface area contributed by atoms with E-state index in [0.717, 1.165) is 6.54 Å². The monoisotopic (exact) mass is 209 g/mol. The van der Waals surface area contributed by atoms with Crippen molar-refractivity contribution in [2.24, 2.45) is 0 Å². The van der Waals surface area contributed by atoms with Gasteiger partial charge in [-0.15, -0.1) is 0 Å². The molecule has 0 saturated carbocycles. The van der Waals surface area contributed by atoms with Gasteiger partial charge < -0.3 is 10.2 Å². The molecule has 1 N–H and O–H groups in total. The minimum atomic E-state index is 0.423. The Hall–Kier alpha value is -0.610. The molecule has 1 aromatic heterocycles. The third kappa shape index (κ3) is 1.17. The Morgan fingerprint density at radius 2 is 2.50 bits per heavy atom. The maximum absolute atomic E-state index is 4.20. The standard InChI is InChI=1S/C10H15N3S/c1-3-10(4-6-11-8-10)13(7-1)9-2-5-12-14-9/h2,5,11H,1,3-4,6-8H2. The van der Waals surface area contributed by atoms with Crippen molar-refractivity contribution in [2.45, 2.75) is 24.8 Å². The molecule has 2 saturated heterocycles. The van der Waals surface area contributed by atoms with Gasteiger partial charge in [0.25, 0.3) is 0 Å². The van der Waals surface area contributed by atoms with E-state index < -0.39 is 0 Å². The Balaban J connectivity index is 1.91. The smallest absolute Gasteiger partial charge is 0.112 e. The molecule has 2 fully saturated rings. The Morgan fingerprint density at radius 3 is 3.21 bits per heavy atom. The number of nitrogens with zero attached hydrogens (tertiary/aromatic N) is 2. The van der Waals surface area contributed by atoms with Crippen molar-refractivity contribution in [3.05, 3.63) is 12.3 Å². The largest absolute Gasteiger partial charge is 0.355 e. The first-order chi connectivity index (χ1) is 6.91. The molecule has 0 aromatic carbocycles. The van der Waals surface area contributed by atoms with Crippen molar-refractivity contribution in [1.29, 1.82) is 0 Å². The zero-order valence-electron chi connectivity index (χ0n) is 8.20. The summed E-state index contributed by atoms with van der Waals surface area (Å²) in [4.78, 5) is 2.57. The van der Waals surface area contributed by atoms with Crippen molar-refractivity contribution in [3.63, 3.8) is 0 Å². The van der Waals surface area contributed by atoms with Crippen LogP contribution in [-0.2, 0) is 0 Å². The van der Waals surface area contributed by atoms with E-state index in [0.29, 0.717) is 5.54 Å². The molecule has 0 aliphatic carbocycles. The van der Waals surface area contributed by atoms with E-state index in [1.165, 1.54) is 37.4 Å². The number of hydrogen-bond acceptors (Lipinski definition) is 4. The second-order valence-corrected chi connectivity index (χ2v) is 5.07. The first kappa shape index (κ1) is 8.68. The van der Waals surface area contributed by atoms with Gasteiger partial charge >= 0.3 is 0 Å². The molecular formula is C10H15N3S. The number of anilines is 1. The fraction of sp³-hybridized carbons (Fsp3) is 0.700. The zero-order chi connectivity index (χ0) is 9.43. The summed E-state index contributed by atoms with van der Waals surface area (Å²) in [5, 5.41) is 4.84. The van der Waals surface area contributed by atoms with Crippen LogP contribution in [0.3, 0.4) is 0 Å². The molecule has 1 aromatic rings. The first-order valence-electron chi connectivity index (χ1n) is 5.30. The van der Waals surface area contributed by atoms with Crippen LogP contribution < -0.4 is 10.2 Å². The Labute approximate surface area is 88.3 Å². The van der Waals surface area contributed by atoms with E-state index in [-0.39, 0.29) is 0 Å². The van der Waals surface area contributed by atoms with E-state index in [2.05, 4.69) is 20.7 Å². The van der Waals surface area contributed by atoms with Crippen LogP contribution in [0.4, 0.5) is 5.00 Å². The van der Waals surface area contributed by atoms with E-state index in [1.807, 2.05) is 6.20 Å². The lowest BCUT2D eigenvalue weighted by molar-refractivity contribution is 0.469. The number of aromatic nitrogens is 1. The predicted molar refractivity (Wildman–Crippen MR) is 58.9 cm³/mol. The van der Waals surface area contributed by atoms with Crippen LogP contribution >= 0.6 is 11.5 Å². The maximum Gasteiger partial charge on any atom is 0.112 e. The molecule has 3 rings (SSSR count). The highest BCUT2D eigenvalue weighted by Gasteiger charge is 2.43. The fourth-order valence-electron chi connectivity index (χ4n) is 2.80. The molecule has 1 atom stereocenters. The summed E-state index contributed by atoms with van der Waals surface area (Å²) >= 11 is 1.63. The van der Waals surface area contributed by atoms with Gasteiger partial charge in [-0.05, 0) is 43.4 Å². The minimum Gasteiger partial charge on any atom is -0.355 e. The third-order valence-electron chi connectivity index (χ3n) is 3.51. The van der Waals surface area contributed by atoms with Crippen LogP contribution in [0.2, 0.25) is 0 Å². The van der Waals surface area contributed by atoms with Gasteiger partial charge in [-0.1, -0.05) is 0 Å². The number of hydrogen-bond donors (Lipinski definition) is 1. The second kappa shape index (κ2) is 3.21. The molecule has 1 spiro atoms. The lowest BCUT2D eigenvalue weighted by Crippen LogP contribution is -2.45. The van der Waals surface area contributed by atoms with Crippen LogP contribution in [0, 0.1) is 0 Å². The maximum atomic E-state index is 4.20. The van der Waals surface area contributed by atoms with E-state index in [1.54, 1.807) is 11.5 Å². The molecule has 0 radical (unpaired) electrons. The van der Waals surface area contributed by atoms with Crippen LogP contribution in [0.1, 0.15) is 19.3 Å². The first-order valence-corrected chi connectivity index (χ1v) is 6.07. The average molecular weight is 209 g/mol. The van der Waals surface area contributed by atoms with Crippen LogP contribution in [0.15, 0.2) is 12.3 Å². The van der Waals surface area contributed by atoms with Crippen molar-refractivity contribution < 1.29 is 0 Å². The minimum absolute atomic E-state index is 0.423. The van der Waals surface area contributed by atoms with Gasteiger partial charge in [0.1, 0.15) is 5.00 Å². The van der Waals surface area contributed by atoms with Crippen LogP contribution in [0.25, 0.3) is 0 Å². The SMILES string of the molecule is c1cc(N2CCCC23CCNC3)sn1. The molecule has 76 valence electrons. The van der Waals surface area contributed by atoms with Gasteiger partial charge in [-0.25, -0.2) is 0 Å². The quantitative estimate of drug-likeness (QED) is 0.759. The van der Waals surface area contributed by atoms with Gasteiger partial charge in [0.2, 0.25) is 0 Å². The van der Waals surface area contributed by atoms with Crippen molar-refractivity contribution in [2.75, 3.05) is 24.5 Å². The van der Waals surface area contributed by atoms with Gasteiger partial charge in [0, 0.05) is 19.3 Å². The summed E-state index contributed by atoms with van der Waals surface area (Å²) in [5.74, 6) is 0. The van der Waals surface area contributed by atoms with Gasteiger partial charge in [-0.2, -0.15) is 4.37 Å². The van der Waals surface area contributed by atoms with Crippen molar-refractivity contribution in [1.82, 2.24) is 9.69 Å². The molecule has 4 heteroatoms. The molecule has 2 aliphatic rings. The second-order valence-electron chi connectivity index (χ2n) is 4.26. The summed E-state index contributed by atoms with van der Waals surface area (Å²) in [6, 6.07) is 2.15. The third-order valence-corrected chi connectivity index (χ3v) is 4.28. The summed E-state index contributed by atoms with van der Waals surface area (Å²) in [6.07, 6.45) is 5.89. The molecule has 0 amide bonds. The highest BCUT2D eigenvalue weighted by Crippen LogP contribution is 2.39. The number of rotatable bonds is 1. The number of nitrogens with one attached hydrogen (secondary N) is 1. The molecule has 2 aliphatic heterocycles. The molecule has 1 unspecified atom stereocenters. The average Bonchev–Trinajstić information content (AvgIpc) is 2.91. The van der Waals surface area contributed by atoms with Crippen molar-refractivity contribution in [3.8, 4) is 0 Å². The van der Waals surface area contributed by atoms with Gasteiger partial charge in [-0.3, -0.25) is 0 Å². The van der Waals surface area contributed by atoms with Gasteiger partial charge in [0.05, 0.1) is 5.54 Å². The lowest BCUT2D eigenvalue weighted by Gasteiger charge is -2.34. The summed E-state index contributed by atoms with van der Waals surface area (Å²) in [7, 11) is 0. The molecule has 14 heavy (non-hydrogen) atoms. The molecular weight excluding hydrogens is 194 g/mol. The molecule has 0 bridgehead atoms. The predicted octanol–water partition coefficient (Wildman–Crippen LogP) is 1.48. The van der Waals surface area contributed by atoms with Crippen molar-refractivity contribution >= 4 is 16.5 Å². The highest BCUT2D eigenvalue weighted by molar-refractivity contribution is 7.10. The van der Waals surface area contributed by atoms with E-state index in [9.17, 15) is 0 Å². The Kier molecular flexibility index (Phi) is 1.99. The summed E-state index contributed by atoms with van der Waals surface area (Å²) in [6.45, 7) is 3.55. The van der Waals surface area contributed by atoms with Crippen LogP contribution in [-0.4, -0.2) is 29.5 Å². The van der Waals surface area contributed by atoms with Crippen LogP contribution in [0.5, 0.6) is 0 Å². The zero-order valence-corrected chi connectivity index (χ0v) is 9.02. The normalized spacial score (nSPS) is 31.9. The van der Waals surface area contributed by atoms with E-state index >= 15 is 0 Å². The topological polar surface area (TPSA) is 28.2 Å².